The number of halogens is 1. The lowest BCUT2D eigenvalue weighted by Crippen LogP contribution is -2.27. The second-order valence-corrected chi connectivity index (χ2v) is 6.09. The fourth-order valence-corrected chi connectivity index (χ4v) is 2.15. The van der Waals surface area contributed by atoms with Gasteiger partial charge in [-0.25, -0.2) is 13.1 Å². The van der Waals surface area contributed by atoms with E-state index in [0.29, 0.717) is 18.7 Å². The first-order valence-electron chi connectivity index (χ1n) is 4.80. The molecule has 1 rings (SSSR count). The zero-order valence-electron chi connectivity index (χ0n) is 9.20. The molecule has 1 aromatic rings. The summed E-state index contributed by atoms with van der Waals surface area (Å²) in [6, 6.07) is 7.19. The number of nitrogens with one attached hydrogen (secondary N) is 2. The van der Waals surface area contributed by atoms with Crippen LogP contribution in [0, 0.1) is 11.3 Å². The van der Waals surface area contributed by atoms with E-state index in [-0.39, 0.29) is 0 Å². The normalized spacial score (nSPS) is 10.9. The summed E-state index contributed by atoms with van der Waals surface area (Å²) in [6.07, 6.45) is 1.12. The van der Waals surface area contributed by atoms with Gasteiger partial charge in [-0.05, 0) is 34.1 Å². The second kappa shape index (κ2) is 6.00. The van der Waals surface area contributed by atoms with Gasteiger partial charge in [0.25, 0.3) is 0 Å². The van der Waals surface area contributed by atoms with Gasteiger partial charge in [0.15, 0.2) is 0 Å². The van der Waals surface area contributed by atoms with E-state index in [0.717, 1.165) is 16.4 Å². The van der Waals surface area contributed by atoms with Gasteiger partial charge in [0.1, 0.15) is 0 Å². The Morgan fingerprint density at radius 2 is 2.12 bits per heavy atom. The highest BCUT2D eigenvalue weighted by atomic mass is 79.9. The minimum Gasteiger partial charge on any atom is -0.383 e. The van der Waals surface area contributed by atoms with E-state index in [9.17, 15) is 8.42 Å². The van der Waals surface area contributed by atoms with Crippen molar-refractivity contribution in [3.05, 3.63) is 28.2 Å². The molecule has 0 fully saturated rings. The van der Waals surface area contributed by atoms with Crippen LogP contribution >= 0.6 is 15.9 Å². The summed E-state index contributed by atoms with van der Waals surface area (Å²) >= 11 is 3.33. The monoisotopic (exact) mass is 317 g/mol. The van der Waals surface area contributed by atoms with Crippen LogP contribution in [-0.2, 0) is 10.0 Å². The maximum Gasteiger partial charge on any atom is 0.208 e. The Morgan fingerprint density at radius 3 is 2.65 bits per heavy atom. The van der Waals surface area contributed by atoms with Crippen molar-refractivity contribution in [1.29, 1.82) is 5.26 Å². The Kier molecular flexibility index (Phi) is 4.93. The van der Waals surface area contributed by atoms with Gasteiger partial charge in [0, 0.05) is 23.2 Å². The number of nitriles is 1. The molecule has 0 bridgehead atoms. The molecule has 2 N–H and O–H groups in total. The molecule has 1 aromatic carbocycles. The molecule has 0 unspecified atom stereocenters. The number of rotatable bonds is 5. The minimum atomic E-state index is -3.14. The molecule has 0 amide bonds. The van der Waals surface area contributed by atoms with E-state index in [1.165, 1.54) is 0 Å². The summed E-state index contributed by atoms with van der Waals surface area (Å²) in [5, 5.41) is 11.7. The minimum absolute atomic E-state index is 0.311. The van der Waals surface area contributed by atoms with E-state index < -0.39 is 10.0 Å². The molecule has 0 spiro atoms. The third kappa shape index (κ3) is 5.17. The molecule has 0 aliphatic rings. The molecule has 0 aromatic heterocycles. The number of benzene rings is 1. The average Bonchev–Trinajstić information content (AvgIpc) is 2.24. The first kappa shape index (κ1) is 14.0. The summed E-state index contributed by atoms with van der Waals surface area (Å²) < 4.78 is 24.8. The summed E-state index contributed by atoms with van der Waals surface area (Å²) in [5.41, 5.74) is 1.39. The second-order valence-electron chi connectivity index (χ2n) is 3.40. The summed E-state index contributed by atoms with van der Waals surface area (Å²) in [7, 11) is -3.14. The Bertz CT molecular complexity index is 537. The van der Waals surface area contributed by atoms with Crippen molar-refractivity contribution >= 4 is 31.6 Å². The van der Waals surface area contributed by atoms with Crippen LogP contribution in [-0.4, -0.2) is 27.8 Å². The zero-order chi connectivity index (χ0) is 12.9. The fraction of sp³-hybridized carbons (Fsp3) is 0.300. The van der Waals surface area contributed by atoms with Gasteiger partial charge in [-0.1, -0.05) is 0 Å². The molecule has 0 aliphatic heterocycles. The number of hydrogen-bond donors (Lipinski definition) is 2. The summed E-state index contributed by atoms with van der Waals surface area (Å²) in [5.74, 6) is 0. The van der Waals surface area contributed by atoms with Crippen molar-refractivity contribution in [3.63, 3.8) is 0 Å². The molecular formula is C10H12BrN3O2S. The Balaban J connectivity index is 2.51. The van der Waals surface area contributed by atoms with Gasteiger partial charge < -0.3 is 5.32 Å². The molecule has 0 radical (unpaired) electrons. The SMILES string of the molecule is CS(=O)(=O)NCCNc1ccc(C#N)cc1Br. The summed E-state index contributed by atoms with van der Waals surface area (Å²) in [4.78, 5) is 0. The highest BCUT2D eigenvalue weighted by Gasteiger charge is 2.02. The van der Waals surface area contributed by atoms with E-state index in [1.807, 2.05) is 6.07 Å². The largest absolute Gasteiger partial charge is 0.383 e. The Labute approximate surface area is 109 Å². The molecular weight excluding hydrogens is 306 g/mol. The topological polar surface area (TPSA) is 82.0 Å². The Morgan fingerprint density at radius 1 is 1.41 bits per heavy atom. The van der Waals surface area contributed by atoms with Gasteiger partial charge in [-0.15, -0.1) is 0 Å². The predicted molar refractivity (Wildman–Crippen MR) is 70.2 cm³/mol. The fourth-order valence-electron chi connectivity index (χ4n) is 1.16. The van der Waals surface area contributed by atoms with Gasteiger partial charge in [0.05, 0.1) is 17.9 Å². The molecule has 0 aliphatic carbocycles. The van der Waals surface area contributed by atoms with Crippen LogP contribution in [0.1, 0.15) is 5.56 Å². The van der Waals surface area contributed by atoms with Gasteiger partial charge in [-0.3, -0.25) is 0 Å². The van der Waals surface area contributed by atoms with Crippen LogP contribution < -0.4 is 10.0 Å². The van der Waals surface area contributed by atoms with E-state index >= 15 is 0 Å². The molecule has 0 atom stereocenters. The maximum atomic E-state index is 10.8. The lowest BCUT2D eigenvalue weighted by atomic mass is 10.2. The number of sulfonamides is 1. The average molecular weight is 318 g/mol. The quantitative estimate of drug-likeness (QED) is 0.801. The van der Waals surface area contributed by atoms with Gasteiger partial charge in [-0.2, -0.15) is 5.26 Å². The number of anilines is 1. The molecule has 17 heavy (non-hydrogen) atoms. The Hall–Kier alpha value is -1.10. The summed E-state index contributed by atoms with van der Waals surface area (Å²) in [6.45, 7) is 0.781. The van der Waals surface area contributed by atoms with Crippen molar-refractivity contribution in [1.82, 2.24) is 4.72 Å². The standard InChI is InChI=1S/C10H12BrN3O2S/c1-17(15,16)14-5-4-13-10-3-2-8(7-12)6-9(10)11/h2-3,6,13-14H,4-5H2,1H3. The zero-order valence-corrected chi connectivity index (χ0v) is 11.6. The molecule has 0 saturated carbocycles. The van der Waals surface area contributed by atoms with Crippen LogP contribution in [0.25, 0.3) is 0 Å². The van der Waals surface area contributed by atoms with Crippen LogP contribution in [0.4, 0.5) is 5.69 Å². The third-order valence-corrected chi connectivity index (χ3v) is 3.29. The van der Waals surface area contributed by atoms with Gasteiger partial charge >= 0.3 is 0 Å². The van der Waals surface area contributed by atoms with Crippen molar-refractivity contribution in [3.8, 4) is 6.07 Å². The third-order valence-electron chi connectivity index (χ3n) is 1.90. The highest BCUT2D eigenvalue weighted by Crippen LogP contribution is 2.22. The van der Waals surface area contributed by atoms with Gasteiger partial charge in [0.2, 0.25) is 10.0 Å². The lowest BCUT2D eigenvalue weighted by Gasteiger charge is -2.08. The van der Waals surface area contributed by atoms with Crippen LogP contribution in [0.5, 0.6) is 0 Å². The molecule has 92 valence electrons. The van der Waals surface area contributed by atoms with E-state index in [1.54, 1.807) is 18.2 Å². The van der Waals surface area contributed by atoms with Crippen molar-refractivity contribution < 1.29 is 8.42 Å². The smallest absolute Gasteiger partial charge is 0.208 e. The van der Waals surface area contributed by atoms with Crippen LogP contribution in [0.15, 0.2) is 22.7 Å². The van der Waals surface area contributed by atoms with Crippen LogP contribution in [0.2, 0.25) is 0 Å². The first-order valence-corrected chi connectivity index (χ1v) is 7.49. The first-order chi connectivity index (χ1) is 7.92. The van der Waals surface area contributed by atoms with Crippen molar-refractivity contribution in [2.24, 2.45) is 0 Å². The maximum absolute atomic E-state index is 10.8. The molecule has 0 heterocycles. The lowest BCUT2D eigenvalue weighted by molar-refractivity contribution is 0.589. The number of nitrogens with zero attached hydrogens (tertiary/aromatic N) is 1. The highest BCUT2D eigenvalue weighted by molar-refractivity contribution is 9.10. The van der Waals surface area contributed by atoms with Crippen LogP contribution in [0.3, 0.4) is 0 Å². The predicted octanol–water partition coefficient (Wildman–Crippen LogP) is 1.28. The van der Waals surface area contributed by atoms with E-state index in [2.05, 4.69) is 26.0 Å². The molecule has 5 nitrogen and oxygen atoms in total. The van der Waals surface area contributed by atoms with E-state index in [4.69, 9.17) is 5.26 Å². The molecule has 7 heteroatoms. The van der Waals surface area contributed by atoms with Crippen molar-refractivity contribution in [2.45, 2.75) is 0 Å². The number of hydrogen-bond acceptors (Lipinski definition) is 4. The van der Waals surface area contributed by atoms with Crippen molar-refractivity contribution in [2.75, 3.05) is 24.7 Å². The molecule has 0 saturated heterocycles.